The monoisotopic (exact) mass is 142 g/mol. The second-order valence-electron chi connectivity index (χ2n) is 2.07. The Kier molecular flexibility index (Phi) is 1.50. The van der Waals surface area contributed by atoms with Crippen LogP contribution in [0.15, 0.2) is 6.07 Å². The lowest BCUT2D eigenvalue weighted by atomic mass is 10.6. The highest BCUT2D eigenvalue weighted by atomic mass is 16.3. The number of aliphatic hydroxyl groups excluding tert-OH is 1. The van der Waals surface area contributed by atoms with Crippen LogP contribution in [-0.4, -0.2) is 14.9 Å². The molecule has 1 aromatic heterocycles. The Morgan fingerprint density at radius 1 is 1.70 bits per heavy atom. The van der Waals surface area contributed by atoms with Crippen molar-refractivity contribution in [1.29, 1.82) is 0 Å². The second kappa shape index (κ2) is 2.18. The molecule has 5 N–H and O–H groups in total. The Morgan fingerprint density at radius 2 is 2.30 bits per heavy atom. The summed E-state index contributed by atoms with van der Waals surface area (Å²) in [7, 11) is 0. The molecule has 1 atom stereocenters. The summed E-state index contributed by atoms with van der Waals surface area (Å²) in [6.07, 6.45) is -0.725. The van der Waals surface area contributed by atoms with Crippen LogP contribution in [0.2, 0.25) is 0 Å². The van der Waals surface area contributed by atoms with E-state index in [0.29, 0.717) is 11.6 Å². The van der Waals surface area contributed by atoms with Crippen LogP contribution in [0, 0.1) is 0 Å². The minimum atomic E-state index is -0.725. The first kappa shape index (κ1) is 6.88. The van der Waals surface area contributed by atoms with Crippen LogP contribution >= 0.6 is 0 Å². The zero-order chi connectivity index (χ0) is 7.72. The molecule has 0 aliphatic carbocycles. The van der Waals surface area contributed by atoms with E-state index in [1.807, 2.05) is 0 Å². The van der Waals surface area contributed by atoms with Gasteiger partial charge in [-0.25, -0.2) is 4.68 Å². The van der Waals surface area contributed by atoms with E-state index in [9.17, 15) is 0 Å². The molecule has 0 amide bonds. The first-order valence-corrected chi connectivity index (χ1v) is 2.90. The Hall–Kier alpha value is -1.23. The van der Waals surface area contributed by atoms with E-state index in [0.717, 1.165) is 0 Å². The van der Waals surface area contributed by atoms with E-state index >= 15 is 0 Å². The summed E-state index contributed by atoms with van der Waals surface area (Å²) in [4.78, 5) is 0. The van der Waals surface area contributed by atoms with Crippen molar-refractivity contribution in [3.8, 4) is 0 Å². The van der Waals surface area contributed by atoms with Crippen molar-refractivity contribution >= 4 is 11.6 Å². The number of hydrogen-bond acceptors (Lipinski definition) is 4. The first-order chi connectivity index (χ1) is 4.61. The summed E-state index contributed by atoms with van der Waals surface area (Å²) < 4.78 is 1.25. The lowest BCUT2D eigenvalue weighted by molar-refractivity contribution is 0.113. The third-order valence-corrected chi connectivity index (χ3v) is 1.14. The predicted octanol–water partition coefficient (Wildman–Crippen LogP) is -0.442. The van der Waals surface area contributed by atoms with Gasteiger partial charge in [0, 0.05) is 6.07 Å². The van der Waals surface area contributed by atoms with Crippen LogP contribution < -0.4 is 11.5 Å². The maximum absolute atomic E-state index is 8.98. The van der Waals surface area contributed by atoms with Crippen LogP contribution in [0.25, 0.3) is 0 Å². The molecule has 5 nitrogen and oxygen atoms in total. The van der Waals surface area contributed by atoms with Gasteiger partial charge in [0.1, 0.15) is 17.9 Å². The molecule has 1 unspecified atom stereocenters. The summed E-state index contributed by atoms with van der Waals surface area (Å²) >= 11 is 0. The molecule has 1 rings (SSSR count). The van der Waals surface area contributed by atoms with Crippen LogP contribution in [0.4, 0.5) is 11.6 Å². The van der Waals surface area contributed by atoms with Gasteiger partial charge in [0.25, 0.3) is 0 Å². The van der Waals surface area contributed by atoms with Crippen molar-refractivity contribution < 1.29 is 5.11 Å². The molecule has 0 radical (unpaired) electrons. The predicted molar refractivity (Wildman–Crippen MR) is 38.0 cm³/mol. The average Bonchev–Trinajstić information content (AvgIpc) is 2.10. The van der Waals surface area contributed by atoms with Gasteiger partial charge in [0.2, 0.25) is 0 Å². The number of nitrogen functional groups attached to an aromatic ring is 2. The third kappa shape index (κ3) is 1.03. The average molecular weight is 142 g/mol. The van der Waals surface area contributed by atoms with Gasteiger partial charge in [-0.15, -0.1) is 0 Å². The number of rotatable bonds is 1. The standard InChI is InChI=1S/C5H10N4O/c1-3(10)9-5(7)2-4(6)8-9/h2-3,10H,7H2,1H3,(H2,6,8). The van der Waals surface area contributed by atoms with Gasteiger partial charge < -0.3 is 16.6 Å². The largest absolute Gasteiger partial charge is 0.384 e. The number of aromatic nitrogens is 2. The van der Waals surface area contributed by atoms with Gasteiger partial charge in [-0.2, -0.15) is 5.10 Å². The molecule has 0 spiro atoms. The van der Waals surface area contributed by atoms with E-state index in [1.54, 1.807) is 6.92 Å². The number of nitrogens with two attached hydrogens (primary N) is 2. The summed E-state index contributed by atoms with van der Waals surface area (Å²) in [5.74, 6) is 0.686. The van der Waals surface area contributed by atoms with E-state index < -0.39 is 6.23 Å². The Balaban J connectivity index is 3.03. The van der Waals surface area contributed by atoms with Crippen molar-refractivity contribution in [3.05, 3.63) is 6.07 Å². The molecule has 0 fully saturated rings. The van der Waals surface area contributed by atoms with Crippen LogP contribution in [-0.2, 0) is 0 Å². The number of aliphatic hydroxyl groups is 1. The zero-order valence-electron chi connectivity index (χ0n) is 5.65. The fourth-order valence-electron chi connectivity index (χ4n) is 0.728. The van der Waals surface area contributed by atoms with Crippen LogP contribution in [0.1, 0.15) is 13.2 Å². The molecule has 0 saturated carbocycles. The van der Waals surface area contributed by atoms with Gasteiger partial charge in [0.05, 0.1) is 0 Å². The van der Waals surface area contributed by atoms with Gasteiger partial charge in [-0.05, 0) is 6.92 Å². The van der Waals surface area contributed by atoms with Crippen molar-refractivity contribution in [2.24, 2.45) is 0 Å². The van der Waals surface area contributed by atoms with Crippen molar-refractivity contribution in [1.82, 2.24) is 9.78 Å². The topological polar surface area (TPSA) is 90.1 Å². The molecule has 0 aliphatic heterocycles. The van der Waals surface area contributed by atoms with E-state index in [2.05, 4.69) is 5.10 Å². The molecule has 0 saturated heterocycles. The molecule has 56 valence electrons. The first-order valence-electron chi connectivity index (χ1n) is 2.90. The number of anilines is 2. The number of nitrogens with zero attached hydrogens (tertiary/aromatic N) is 2. The molecule has 1 aromatic rings. The molecule has 0 aromatic carbocycles. The Labute approximate surface area is 58.2 Å². The van der Waals surface area contributed by atoms with E-state index in [-0.39, 0.29) is 0 Å². The van der Waals surface area contributed by atoms with E-state index in [1.165, 1.54) is 10.7 Å². The Bertz CT molecular complexity index is 230. The molecule has 0 bridgehead atoms. The highest BCUT2D eigenvalue weighted by molar-refractivity contribution is 5.41. The molecule has 1 heterocycles. The minimum absolute atomic E-state index is 0.318. The van der Waals surface area contributed by atoms with Gasteiger partial charge >= 0.3 is 0 Å². The molecule has 10 heavy (non-hydrogen) atoms. The molecular weight excluding hydrogens is 132 g/mol. The van der Waals surface area contributed by atoms with Crippen molar-refractivity contribution in [2.75, 3.05) is 11.5 Å². The van der Waals surface area contributed by atoms with Gasteiger partial charge in [-0.3, -0.25) is 0 Å². The lowest BCUT2D eigenvalue weighted by Gasteiger charge is -2.04. The maximum atomic E-state index is 8.98. The summed E-state index contributed by atoms with van der Waals surface area (Å²) in [6, 6.07) is 1.49. The molecule has 5 heteroatoms. The van der Waals surface area contributed by atoms with Crippen LogP contribution in [0.3, 0.4) is 0 Å². The highest BCUT2D eigenvalue weighted by Crippen LogP contribution is 2.11. The smallest absolute Gasteiger partial charge is 0.147 e. The SMILES string of the molecule is CC(O)n1nc(N)cc1N. The Morgan fingerprint density at radius 3 is 2.50 bits per heavy atom. The normalized spacial score (nSPS) is 13.4. The summed E-state index contributed by atoms with van der Waals surface area (Å²) in [5.41, 5.74) is 10.7. The quantitative estimate of drug-likeness (QED) is 0.495. The summed E-state index contributed by atoms with van der Waals surface area (Å²) in [6.45, 7) is 1.56. The molecule has 0 aliphatic rings. The third-order valence-electron chi connectivity index (χ3n) is 1.14. The minimum Gasteiger partial charge on any atom is -0.384 e. The van der Waals surface area contributed by atoms with Crippen molar-refractivity contribution in [2.45, 2.75) is 13.2 Å². The van der Waals surface area contributed by atoms with Crippen LogP contribution in [0.5, 0.6) is 0 Å². The van der Waals surface area contributed by atoms with E-state index in [4.69, 9.17) is 16.6 Å². The lowest BCUT2D eigenvalue weighted by Crippen LogP contribution is -2.09. The highest BCUT2D eigenvalue weighted by Gasteiger charge is 2.05. The maximum Gasteiger partial charge on any atom is 0.147 e. The number of hydrogen-bond donors (Lipinski definition) is 3. The molecular formula is C5H10N4O. The zero-order valence-corrected chi connectivity index (χ0v) is 5.65. The fourth-order valence-corrected chi connectivity index (χ4v) is 0.728. The summed E-state index contributed by atoms with van der Waals surface area (Å²) in [5, 5.41) is 12.7. The van der Waals surface area contributed by atoms with Crippen molar-refractivity contribution in [3.63, 3.8) is 0 Å². The second-order valence-corrected chi connectivity index (χ2v) is 2.07. The van der Waals surface area contributed by atoms with Gasteiger partial charge in [-0.1, -0.05) is 0 Å². The van der Waals surface area contributed by atoms with Gasteiger partial charge in [0.15, 0.2) is 0 Å². The fraction of sp³-hybridized carbons (Fsp3) is 0.400.